The molecule has 0 spiro atoms. The zero-order chi connectivity index (χ0) is 28.7. The Hall–Kier alpha value is -1.77. The van der Waals surface area contributed by atoms with E-state index in [1.165, 1.54) is 28.2 Å². The van der Waals surface area contributed by atoms with Crippen LogP contribution in [0.2, 0.25) is 0 Å². The van der Waals surface area contributed by atoms with Gasteiger partial charge >= 0.3 is 5.97 Å². The predicted molar refractivity (Wildman–Crippen MR) is 153 cm³/mol. The molecule has 0 aromatic heterocycles. The number of ether oxygens (including phenoxy) is 3. The molecule has 2 saturated heterocycles. The van der Waals surface area contributed by atoms with Crippen molar-refractivity contribution in [2.45, 2.75) is 94.6 Å². The largest absolute Gasteiger partial charge is 0.481 e. The Morgan fingerprint density at radius 1 is 1.18 bits per heavy atom. The van der Waals surface area contributed by atoms with Gasteiger partial charge in [0, 0.05) is 36.7 Å². The fraction of sp³-hybridized carbons (Fsp3) is 0.690. The lowest BCUT2D eigenvalue weighted by molar-refractivity contribution is -0.162. The molecule has 10 heteroatoms. The van der Waals surface area contributed by atoms with Crippen LogP contribution in [0, 0.1) is 17.3 Å². The first-order valence-electron chi connectivity index (χ1n) is 13.7. The van der Waals surface area contributed by atoms with Gasteiger partial charge in [-0.3, -0.25) is 4.79 Å². The molecular weight excluding hydrogens is 538 g/mol. The highest BCUT2D eigenvalue weighted by Gasteiger charge is 2.67. The van der Waals surface area contributed by atoms with Crippen LogP contribution < -0.4 is 4.74 Å². The lowest BCUT2D eigenvalue weighted by atomic mass is 9.66. The molecule has 2 fully saturated rings. The number of nitrogens with zero attached hydrogens (tertiary/aromatic N) is 1. The summed E-state index contributed by atoms with van der Waals surface area (Å²) in [5, 5.41) is 10.5. The summed E-state index contributed by atoms with van der Waals surface area (Å²) in [4.78, 5) is 12.9. The molecule has 0 aliphatic carbocycles. The highest BCUT2D eigenvalue weighted by Crippen LogP contribution is 2.54. The third-order valence-electron chi connectivity index (χ3n) is 7.38. The Morgan fingerprint density at radius 2 is 1.90 bits per heavy atom. The molecule has 2 heterocycles. The van der Waals surface area contributed by atoms with Crippen molar-refractivity contribution in [2.75, 3.05) is 32.1 Å². The summed E-state index contributed by atoms with van der Waals surface area (Å²) in [6.07, 6.45) is 5.80. The Kier molecular flexibility index (Phi) is 10.8. The first-order chi connectivity index (χ1) is 18.3. The number of sulfonamides is 1. The summed E-state index contributed by atoms with van der Waals surface area (Å²) in [6, 6.07) is 6.11. The fourth-order valence-corrected chi connectivity index (χ4v) is 9.36. The molecule has 2 atom stereocenters. The maximum Gasteiger partial charge on any atom is 0.327 e. The molecule has 2 aliphatic heterocycles. The Balaban J connectivity index is 1.57. The van der Waals surface area contributed by atoms with E-state index < -0.39 is 31.7 Å². The number of hydrogen-bond acceptors (Lipinski definition) is 7. The Morgan fingerprint density at radius 3 is 2.51 bits per heavy atom. The second kappa shape index (κ2) is 13.3. The van der Waals surface area contributed by atoms with E-state index in [-0.39, 0.29) is 24.3 Å². The second-order valence-electron chi connectivity index (χ2n) is 11.4. The van der Waals surface area contributed by atoms with Crippen molar-refractivity contribution >= 4 is 27.8 Å². The minimum atomic E-state index is -4.10. The highest BCUT2D eigenvalue weighted by atomic mass is 32.2. The molecule has 1 unspecified atom stereocenters. The molecule has 3 rings (SSSR count). The first kappa shape index (κ1) is 31.8. The number of rotatable bonds is 10. The minimum absolute atomic E-state index is 0.0411. The van der Waals surface area contributed by atoms with E-state index in [4.69, 9.17) is 14.2 Å². The number of unbranched alkanes of at least 4 members (excludes halogenated alkanes) is 2. The maximum atomic E-state index is 13.8. The lowest BCUT2D eigenvalue weighted by Gasteiger charge is -2.58. The van der Waals surface area contributed by atoms with Crippen LogP contribution in [-0.4, -0.2) is 72.5 Å². The molecule has 1 N–H and O–H groups in total. The van der Waals surface area contributed by atoms with Crippen LogP contribution in [0.25, 0.3) is 0 Å². The number of carbonyl (C=O) groups is 1. The van der Waals surface area contributed by atoms with Gasteiger partial charge in [-0.05, 0) is 75.6 Å². The molecule has 218 valence electrons. The van der Waals surface area contributed by atoms with Crippen molar-refractivity contribution in [1.82, 2.24) is 4.31 Å². The number of carboxylic acids is 1. The SMILES string of the molecule is CC(C)(C)[C@@]1(C(=O)O)N(S(=O)(=O)c2ccc(OCC#CCCCCOC3CCCCO3)cc2)CCSC1(C)C. The zero-order valence-electron chi connectivity index (χ0n) is 23.8. The summed E-state index contributed by atoms with van der Waals surface area (Å²) >= 11 is 1.49. The van der Waals surface area contributed by atoms with E-state index in [1.54, 1.807) is 32.9 Å². The summed E-state index contributed by atoms with van der Waals surface area (Å²) in [5.41, 5.74) is -2.50. The summed E-state index contributed by atoms with van der Waals surface area (Å²) < 4.78 is 44.9. The van der Waals surface area contributed by atoms with Gasteiger partial charge < -0.3 is 19.3 Å². The molecule has 0 radical (unpaired) electrons. The Bertz CT molecular complexity index is 1130. The smallest absolute Gasteiger partial charge is 0.327 e. The zero-order valence-corrected chi connectivity index (χ0v) is 25.5. The van der Waals surface area contributed by atoms with Crippen molar-refractivity contribution in [3.05, 3.63) is 24.3 Å². The number of thioether (sulfide) groups is 1. The van der Waals surface area contributed by atoms with Crippen molar-refractivity contribution < 1.29 is 32.5 Å². The van der Waals surface area contributed by atoms with Crippen LogP contribution in [0.4, 0.5) is 0 Å². The van der Waals surface area contributed by atoms with E-state index >= 15 is 0 Å². The van der Waals surface area contributed by atoms with Crippen molar-refractivity contribution in [1.29, 1.82) is 0 Å². The normalized spacial score (nSPS) is 24.0. The predicted octanol–water partition coefficient (Wildman–Crippen LogP) is 5.17. The van der Waals surface area contributed by atoms with Crippen LogP contribution in [0.3, 0.4) is 0 Å². The van der Waals surface area contributed by atoms with Gasteiger partial charge in [-0.25, -0.2) is 8.42 Å². The molecule has 1 aromatic carbocycles. The van der Waals surface area contributed by atoms with Gasteiger partial charge in [-0.2, -0.15) is 16.1 Å². The van der Waals surface area contributed by atoms with Crippen molar-refractivity contribution in [3.8, 4) is 17.6 Å². The van der Waals surface area contributed by atoms with Gasteiger partial charge in [-0.1, -0.05) is 32.6 Å². The molecule has 0 saturated carbocycles. The van der Waals surface area contributed by atoms with E-state index in [0.29, 0.717) is 18.1 Å². The molecular formula is C29H43NO7S2. The Labute approximate surface area is 238 Å². The summed E-state index contributed by atoms with van der Waals surface area (Å²) in [6.45, 7) is 10.8. The standard InChI is InChI=1S/C29H43NO7S2/c1-27(2,3)29(26(31)32)28(4,5)38-22-18-30(29)39(33,34)24-16-14-23(15-17-24)35-19-10-7-6-8-11-20-36-25-13-9-12-21-37-25/h14-17,25H,6,8-9,11-13,18-22H2,1-5H3,(H,31,32)/t25?,29-/m1/s1. The third-order valence-corrected chi connectivity index (χ3v) is 10.7. The average molecular weight is 582 g/mol. The topological polar surface area (TPSA) is 102 Å². The van der Waals surface area contributed by atoms with E-state index in [0.717, 1.165) is 45.1 Å². The quantitative estimate of drug-likeness (QED) is 0.298. The van der Waals surface area contributed by atoms with E-state index in [2.05, 4.69) is 11.8 Å². The monoisotopic (exact) mass is 581 g/mol. The lowest BCUT2D eigenvalue weighted by Crippen LogP contribution is -2.75. The fourth-order valence-electron chi connectivity index (χ4n) is 5.69. The van der Waals surface area contributed by atoms with Crippen LogP contribution >= 0.6 is 11.8 Å². The van der Waals surface area contributed by atoms with Gasteiger partial charge in [0.15, 0.2) is 11.8 Å². The average Bonchev–Trinajstić information content (AvgIpc) is 2.87. The molecule has 39 heavy (non-hydrogen) atoms. The van der Waals surface area contributed by atoms with Gasteiger partial charge in [0.05, 0.1) is 4.90 Å². The van der Waals surface area contributed by atoms with Gasteiger partial charge in [0.25, 0.3) is 0 Å². The summed E-state index contributed by atoms with van der Waals surface area (Å²) in [5.74, 6) is 5.95. The highest BCUT2D eigenvalue weighted by molar-refractivity contribution is 8.01. The van der Waals surface area contributed by atoms with Crippen LogP contribution in [0.5, 0.6) is 5.75 Å². The van der Waals surface area contributed by atoms with E-state index in [9.17, 15) is 18.3 Å². The van der Waals surface area contributed by atoms with E-state index in [1.807, 2.05) is 13.8 Å². The molecule has 0 bridgehead atoms. The number of aliphatic carboxylic acids is 1. The molecule has 2 aliphatic rings. The van der Waals surface area contributed by atoms with Gasteiger partial charge in [0.1, 0.15) is 12.4 Å². The molecule has 1 aromatic rings. The second-order valence-corrected chi connectivity index (χ2v) is 15.0. The number of carboxylic acid groups (broad SMARTS) is 1. The van der Waals surface area contributed by atoms with Gasteiger partial charge in [-0.15, -0.1) is 0 Å². The first-order valence-corrected chi connectivity index (χ1v) is 16.1. The summed E-state index contributed by atoms with van der Waals surface area (Å²) in [7, 11) is -4.10. The van der Waals surface area contributed by atoms with Gasteiger partial charge in [0.2, 0.25) is 10.0 Å². The van der Waals surface area contributed by atoms with Crippen LogP contribution in [0.15, 0.2) is 29.2 Å². The maximum absolute atomic E-state index is 13.8. The van der Waals surface area contributed by atoms with Crippen molar-refractivity contribution in [3.63, 3.8) is 0 Å². The van der Waals surface area contributed by atoms with Crippen LogP contribution in [0.1, 0.15) is 73.1 Å². The number of hydrogen-bond donors (Lipinski definition) is 1. The minimum Gasteiger partial charge on any atom is -0.481 e. The number of benzene rings is 1. The molecule has 0 amide bonds. The third kappa shape index (κ3) is 7.12. The van der Waals surface area contributed by atoms with Crippen LogP contribution in [-0.2, 0) is 24.3 Å². The van der Waals surface area contributed by atoms with Crippen molar-refractivity contribution in [2.24, 2.45) is 5.41 Å². The molecule has 8 nitrogen and oxygen atoms in total.